The van der Waals surface area contributed by atoms with E-state index in [-0.39, 0.29) is 11.7 Å². The third-order valence-electron chi connectivity index (χ3n) is 2.47. The maximum Gasteiger partial charge on any atom is 0.274 e. The summed E-state index contributed by atoms with van der Waals surface area (Å²) in [7, 11) is 3.96. The van der Waals surface area contributed by atoms with Gasteiger partial charge in [0.1, 0.15) is 11.5 Å². The number of nitrogen functional groups attached to an aromatic ring is 1. The molecule has 1 rings (SSSR count). The predicted octanol–water partition coefficient (Wildman–Crippen LogP) is 0.473. The number of rotatable bonds is 6. The van der Waals surface area contributed by atoms with Gasteiger partial charge in [-0.05, 0) is 20.5 Å². The predicted molar refractivity (Wildman–Crippen MR) is 71.2 cm³/mol. The Bertz CT molecular complexity index is 394. The first-order valence-corrected chi connectivity index (χ1v) is 6.06. The zero-order valence-electron chi connectivity index (χ0n) is 11.3. The Balaban J connectivity index is 2.75. The molecule has 6 nitrogen and oxygen atoms in total. The maximum atomic E-state index is 12.2. The number of hydrogen-bond acceptors (Lipinski definition) is 5. The molecule has 0 spiro atoms. The van der Waals surface area contributed by atoms with Crippen LogP contribution in [0.15, 0.2) is 12.4 Å². The molecule has 0 aliphatic rings. The fourth-order valence-electron chi connectivity index (χ4n) is 1.55. The molecule has 100 valence electrons. The normalized spacial score (nSPS) is 10.7. The summed E-state index contributed by atoms with van der Waals surface area (Å²) in [5.41, 5.74) is 5.85. The highest BCUT2D eigenvalue weighted by molar-refractivity contribution is 5.92. The van der Waals surface area contributed by atoms with Crippen LogP contribution in [-0.4, -0.2) is 59.4 Å². The lowest BCUT2D eigenvalue weighted by Gasteiger charge is -2.23. The third-order valence-corrected chi connectivity index (χ3v) is 2.47. The van der Waals surface area contributed by atoms with Crippen molar-refractivity contribution in [3.63, 3.8) is 0 Å². The van der Waals surface area contributed by atoms with Gasteiger partial charge >= 0.3 is 0 Å². The summed E-state index contributed by atoms with van der Waals surface area (Å²) >= 11 is 0. The lowest BCUT2D eigenvalue weighted by molar-refractivity contribution is 0.0738. The largest absolute Gasteiger partial charge is 0.382 e. The van der Waals surface area contributed by atoms with E-state index in [1.54, 1.807) is 4.90 Å². The first-order chi connectivity index (χ1) is 8.54. The maximum absolute atomic E-state index is 12.2. The second-order valence-electron chi connectivity index (χ2n) is 4.42. The molecule has 0 bridgehead atoms. The molecule has 0 fully saturated rings. The number of nitrogens with two attached hydrogens (primary N) is 1. The van der Waals surface area contributed by atoms with Gasteiger partial charge in [0.05, 0.1) is 12.4 Å². The highest BCUT2D eigenvalue weighted by Crippen LogP contribution is 2.04. The number of carbonyl (C=O) groups excluding carboxylic acids is 1. The summed E-state index contributed by atoms with van der Waals surface area (Å²) in [6.07, 6.45) is 3.80. The van der Waals surface area contributed by atoms with E-state index in [2.05, 4.69) is 9.97 Å². The molecule has 0 atom stereocenters. The minimum Gasteiger partial charge on any atom is -0.382 e. The monoisotopic (exact) mass is 251 g/mol. The van der Waals surface area contributed by atoms with Crippen molar-refractivity contribution in [2.75, 3.05) is 39.5 Å². The van der Waals surface area contributed by atoms with Gasteiger partial charge in [-0.1, -0.05) is 6.92 Å². The van der Waals surface area contributed by atoms with E-state index >= 15 is 0 Å². The van der Waals surface area contributed by atoms with E-state index in [0.717, 1.165) is 13.0 Å². The van der Waals surface area contributed by atoms with Crippen LogP contribution in [0.3, 0.4) is 0 Å². The quantitative estimate of drug-likeness (QED) is 0.795. The zero-order chi connectivity index (χ0) is 13.5. The molecular weight excluding hydrogens is 230 g/mol. The topological polar surface area (TPSA) is 75.3 Å². The molecule has 1 aromatic rings. The van der Waals surface area contributed by atoms with Crippen molar-refractivity contribution in [3.05, 3.63) is 18.1 Å². The molecular formula is C12H21N5O. The Labute approximate surface area is 108 Å². The van der Waals surface area contributed by atoms with Crippen LogP contribution in [0.5, 0.6) is 0 Å². The van der Waals surface area contributed by atoms with Crippen LogP contribution in [0.25, 0.3) is 0 Å². The Morgan fingerprint density at radius 3 is 2.56 bits per heavy atom. The van der Waals surface area contributed by atoms with E-state index in [1.807, 2.05) is 25.9 Å². The summed E-state index contributed by atoms with van der Waals surface area (Å²) in [5, 5.41) is 0. The van der Waals surface area contributed by atoms with Crippen LogP contribution in [-0.2, 0) is 0 Å². The second-order valence-corrected chi connectivity index (χ2v) is 4.42. The molecule has 18 heavy (non-hydrogen) atoms. The number of amides is 1. The Morgan fingerprint density at radius 1 is 1.28 bits per heavy atom. The molecule has 0 unspecified atom stereocenters. The minimum atomic E-state index is -0.112. The lowest BCUT2D eigenvalue weighted by atomic mass is 10.3. The highest BCUT2D eigenvalue weighted by atomic mass is 16.2. The van der Waals surface area contributed by atoms with Crippen molar-refractivity contribution in [2.45, 2.75) is 13.3 Å². The summed E-state index contributed by atoms with van der Waals surface area (Å²) < 4.78 is 0. The van der Waals surface area contributed by atoms with E-state index in [1.165, 1.54) is 12.4 Å². The average Bonchev–Trinajstić information content (AvgIpc) is 2.33. The second kappa shape index (κ2) is 6.90. The SMILES string of the molecule is CCCN(CCN(C)C)C(=O)c1cncc(N)n1. The van der Waals surface area contributed by atoms with Crippen molar-refractivity contribution in [3.8, 4) is 0 Å². The van der Waals surface area contributed by atoms with Crippen molar-refractivity contribution in [1.82, 2.24) is 19.8 Å². The van der Waals surface area contributed by atoms with E-state index in [9.17, 15) is 4.79 Å². The molecule has 6 heteroatoms. The Kier molecular flexibility index (Phi) is 5.51. The van der Waals surface area contributed by atoms with Gasteiger partial charge in [0.2, 0.25) is 0 Å². The number of nitrogens with zero attached hydrogens (tertiary/aromatic N) is 4. The Hall–Kier alpha value is -1.69. The molecule has 1 heterocycles. The first kappa shape index (κ1) is 14.4. The van der Waals surface area contributed by atoms with Crippen molar-refractivity contribution >= 4 is 11.7 Å². The smallest absolute Gasteiger partial charge is 0.274 e. The van der Waals surface area contributed by atoms with Gasteiger partial charge in [0.15, 0.2) is 0 Å². The van der Waals surface area contributed by atoms with Crippen LogP contribution in [0.1, 0.15) is 23.8 Å². The van der Waals surface area contributed by atoms with Crippen molar-refractivity contribution in [1.29, 1.82) is 0 Å². The lowest BCUT2D eigenvalue weighted by Crippen LogP contribution is -2.37. The number of hydrogen-bond donors (Lipinski definition) is 1. The highest BCUT2D eigenvalue weighted by Gasteiger charge is 2.16. The first-order valence-electron chi connectivity index (χ1n) is 6.06. The van der Waals surface area contributed by atoms with Crippen LogP contribution in [0.2, 0.25) is 0 Å². The third kappa shape index (κ3) is 4.29. The minimum absolute atomic E-state index is 0.112. The van der Waals surface area contributed by atoms with E-state index in [4.69, 9.17) is 5.73 Å². The van der Waals surface area contributed by atoms with Gasteiger partial charge in [0.25, 0.3) is 5.91 Å². The molecule has 0 radical (unpaired) electrons. The van der Waals surface area contributed by atoms with Gasteiger partial charge in [-0.3, -0.25) is 9.78 Å². The van der Waals surface area contributed by atoms with Crippen molar-refractivity contribution < 1.29 is 4.79 Å². The summed E-state index contributed by atoms with van der Waals surface area (Å²) in [4.78, 5) is 24.0. The number of anilines is 1. The van der Waals surface area contributed by atoms with Gasteiger partial charge in [-0.15, -0.1) is 0 Å². The number of aromatic nitrogens is 2. The summed E-state index contributed by atoms with van der Waals surface area (Å²) in [6, 6.07) is 0. The number of likely N-dealkylation sites (N-methyl/N-ethyl adjacent to an activating group) is 1. The summed E-state index contributed by atoms with van der Waals surface area (Å²) in [5.74, 6) is 0.156. The molecule has 1 aromatic heterocycles. The van der Waals surface area contributed by atoms with Gasteiger partial charge < -0.3 is 15.5 Å². The van der Waals surface area contributed by atoms with Gasteiger partial charge in [0, 0.05) is 19.6 Å². The van der Waals surface area contributed by atoms with Crippen LogP contribution >= 0.6 is 0 Å². The summed E-state index contributed by atoms with van der Waals surface area (Å²) in [6.45, 7) is 4.25. The molecule has 0 aliphatic heterocycles. The zero-order valence-corrected chi connectivity index (χ0v) is 11.3. The average molecular weight is 251 g/mol. The van der Waals surface area contributed by atoms with Gasteiger partial charge in [-0.2, -0.15) is 0 Å². The van der Waals surface area contributed by atoms with E-state index < -0.39 is 0 Å². The van der Waals surface area contributed by atoms with Crippen molar-refractivity contribution in [2.24, 2.45) is 0 Å². The molecule has 0 aliphatic carbocycles. The number of carbonyl (C=O) groups is 1. The Morgan fingerprint density at radius 2 is 2.00 bits per heavy atom. The van der Waals surface area contributed by atoms with Crippen LogP contribution < -0.4 is 5.73 Å². The molecule has 0 saturated heterocycles. The van der Waals surface area contributed by atoms with E-state index in [0.29, 0.717) is 18.8 Å². The molecule has 1 amide bonds. The van der Waals surface area contributed by atoms with Crippen LogP contribution in [0.4, 0.5) is 5.82 Å². The standard InChI is InChI=1S/C12H21N5O/c1-4-5-17(7-6-16(2)3)12(18)10-8-14-9-11(13)15-10/h8-9H,4-7H2,1-3H3,(H2,13,15). The molecule has 0 aromatic carbocycles. The molecule has 2 N–H and O–H groups in total. The van der Waals surface area contributed by atoms with Gasteiger partial charge in [-0.25, -0.2) is 4.98 Å². The van der Waals surface area contributed by atoms with Crippen LogP contribution in [0, 0.1) is 0 Å². The molecule has 0 saturated carbocycles. The fourth-order valence-corrected chi connectivity index (χ4v) is 1.55. The fraction of sp³-hybridized carbons (Fsp3) is 0.583.